The Labute approximate surface area is 97.4 Å². The summed E-state index contributed by atoms with van der Waals surface area (Å²) in [4.78, 5) is 0. The summed E-state index contributed by atoms with van der Waals surface area (Å²) in [6.07, 6.45) is 1.87. The lowest BCUT2D eigenvalue weighted by Crippen LogP contribution is -2.19. The molecule has 0 aromatic heterocycles. The molecule has 0 amide bonds. The molecule has 2 N–H and O–H groups in total. The van der Waals surface area contributed by atoms with E-state index in [9.17, 15) is 0 Å². The number of methoxy groups -OCH3 is 1. The summed E-state index contributed by atoms with van der Waals surface area (Å²) in [7, 11) is 1.67. The van der Waals surface area contributed by atoms with Crippen LogP contribution in [0.5, 0.6) is 5.75 Å². The Hall–Kier alpha value is -1.06. The minimum absolute atomic E-state index is 0.276. The van der Waals surface area contributed by atoms with Crippen LogP contribution in [0.1, 0.15) is 31.4 Å². The van der Waals surface area contributed by atoms with E-state index in [-0.39, 0.29) is 6.61 Å². The largest absolute Gasteiger partial charge is 0.497 e. The van der Waals surface area contributed by atoms with Crippen LogP contribution in [0.3, 0.4) is 0 Å². The number of benzene rings is 1. The average Bonchev–Trinajstić information content (AvgIpc) is 2.34. The fraction of sp³-hybridized carbons (Fsp3) is 0.538. The first-order valence-corrected chi connectivity index (χ1v) is 5.76. The zero-order valence-corrected chi connectivity index (χ0v) is 10.1. The van der Waals surface area contributed by atoms with Gasteiger partial charge >= 0.3 is 0 Å². The highest BCUT2D eigenvalue weighted by atomic mass is 16.5. The topological polar surface area (TPSA) is 41.5 Å². The van der Waals surface area contributed by atoms with E-state index in [1.165, 1.54) is 5.56 Å². The van der Waals surface area contributed by atoms with Gasteiger partial charge in [-0.2, -0.15) is 0 Å². The van der Waals surface area contributed by atoms with Crippen molar-refractivity contribution in [3.8, 4) is 5.75 Å². The van der Waals surface area contributed by atoms with Gasteiger partial charge < -0.3 is 15.2 Å². The van der Waals surface area contributed by atoms with Crippen LogP contribution in [0.4, 0.5) is 0 Å². The second kappa shape index (κ2) is 7.25. The summed E-state index contributed by atoms with van der Waals surface area (Å²) in [6, 6.07) is 8.43. The molecular weight excluding hydrogens is 202 g/mol. The molecule has 0 aliphatic heterocycles. The van der Waals surface area contributed by atoms with Crippen molar-refractivity contribution < 1.29 is 9.84 Å². The van der Waals surface area contributed by atoms with E-state index < -0.39 is 0 Å². The highest BCUT2D eigenvalue weighted by Crippen LogP contribution is 2.16. The lowest BCUT2D eigenvalue weighted by molar-refractivity contribution is 0.283. The highest BCUT2D eigenvalue weighted by Gasteiger charge is 2.03. The van der Waals surface area contributed by atoms with Crippen LogP contribution in [0, 0.1) is 0 Å². The van der Waals surface area contributed by atoms with E-state index in [1.807, 2.05) is 12.1 Å². The summed E-state index contributed by atoms with van der Waals surface area (Å²) in [5.41, 5.74) is 1.25. The number of nitrogens with one attached hydrogen (secondary N) is 1. The van der Waals surface area contributed by atoms with Crippen molar-refractivity contribution in [2.45, 2.75) is 25.8 Å². The Bertz CT molecular complexity index is 284. The first-order chi connectivity index (χ1) is 7.77. The van der Waals surface area contributed by atoms with Gasteiger partial charge in [0.15, 0.2) is 0 Å². The van der Waals surface area contributed by atoms with Gasteiger partial charge in [-0.25, -0.2) is 0 Å². The second-order valence-corrected chi connectivity index (χ2v) is 3.88. The molecule has 1 rings (SSSR count). The van der Waals surface area contributed by atoms with Gasteiger partial charge in [0, 0.05) is 12.6 Å². The first kappa shape index (κ1) is 13.0. The molecule has 0 bridgehead atoms. The molecule has 16 heavy (non-hydrogen) atoms. The molecule has 90 valence electrons. The van der Waals surface area contributed by atoms with Crippen LogP contribution in [-0.4, -0.2) is 25.4 Å². The minimum atomic E-state index is 0.276. The summed E-state index contributed by atoms with van der Waals surface area (Å²) >= 11 is 0. The Morgan fingerprint density at radius 3 is 2.50 bits per heavy atom. The quantitative estimate of drug-likeness (QED) is 0.696. The highest BCUT2D eigenvalue weighted by molar-refractivity contribution is 5.28. The van der Waals surface area contributed by atoms with Crippen LogP contribution in [0.2, 0.25) is 0 Å². The Morgan fingerprint density at radius 2 is 1.94 bits per heavy atom. The van der Waals surface area contributed by atoms with E-state index in [1.54, 1.807) is 7.11 Å². The third kappa shape index (κ3) is 4.21. The predicted octanol–water partition coefficient (Wildman–Crippen LogP) is 2.12. The SMILES string of the molecule is COc1ccc([C@@H](C)NCCCCO)cc1. The number of rotatable bonds is 7. The summed E-state index contributed by atoms with van der Waals surface area (Å²) < 4.78 is 5.11. The van der Waals surface area contributed by atoms with Crippen LogP contribution in [0.25, 0.3) is 0 Å². The molecule has 3 heteroatoms. The molecule has 0 unspecified atom stereocenters. The van der Waals surface area contributed by atoms with Crippen LogP contribution in [0.15, 0.2) is 24.3 Å². The Morgan fingerprint density at radius 1 is 1.25 bits per heavy atom. The molecule has 0 spiro atoms. The summed E-state index contributed by atoms with van der Waals surface area (Å²) in [6.45, 7) is 3.35. The maximum Gasteiger partial charge on any atom is 0.118 e. The van der Waals surface area contributed by atoms with Crippen molar-refractivity contribution in [3.05, 3.63) is 29.8 Å². The minimum Gasteiger partial charge on any atom is -0.497 e. The number of unbranched alkanes of at least 4 members (excludes halogenated alkanes) is 1. The monoisotopic (exact) mass is 223 g/mol. The first-order valence-electron chi connectivity index (χ1n) is 5.76. The van der Waals surface area contributed by atoms with Crippen molar-refractivity contribution in [1.82, 2.24) is 5.32 Å². The fourth-order valence-electron chi connectivity index (χ4n) is 1.57. The molecule has 0 heterocycles. The van der Waals surface area contributed by atoms with Crippen LogP contribution >= 0.6 is 0 Å². The van der Waals surface area contributed by atoms with Gasteiger partial charge in [-0.05, 0) is 44.0 Å². The molecule has 0 fully saturated rings. The summed E-state index contributed by atoms with van der Waals surface area (Å²) in [5.74, 6) is 0.885. The average molecular weight is 223 g/mol. The van der Waals surface area contributed by atoms with Gasteiger partial charge in [0.2, 0.25) is 0 Å². The number of hydrogen-bond acceptors (Lipinski definition) is 3. The molecule has 0 saturated carbocycles. The van der Waals surface area contributed by atoms with Gasteiger partial charge in [0.1, 0.15) is 5.75 Å². The Balaban J connectivity index is 2.37. The molecule has 0 radical (unpaired) electrons. The predicted molar refractivity (Wildman–Crippen MR) is 65.7 cm³/mol. The van der Waals surface area contributed by atoms with Gasteiger partial charge in [-0.1, -0.05) is 12.1 Å². The maximum absolute atomic E-state index is 8.66. The summed E-state index contributed by atoms with van der Waals surface area (Å²) in [5, 5.41) is 12.1. The van der Waals surface area contributed by atoms with E-state index in [0.29, 0.717) is 6.04 Å². The van der Waals surface area contributed by atoms with Crippen LogP contribution in [-0.2, 0) is 0 Å². The standard InChI is InChI=1S/C13H21NO2/c1-11(14-9-3-4-10-15)12-5-7-13(16-2)8-6-12/h5-8,11,14-15H,3-4,9-10H2,1-2H3/t11-/m1/s1. The van der Waals surface area contributed by atoms with E-state index in [0.717, 1.165) is 25.1 Å². The van der Waals surface area contributed by atoms with E-state index in [4.69, 9.17) is 9.84 Å². The lowest BCUT2D eigenvalue weighted by atomic mass is 10.1. The van der Waals surface area contributed by atoms with Crippen molar-refractivity contribution >= 4 is 0 Å². The molecule has 0 aliphatic carbocycles. The number of aliphatic hydroxyl groups is 1. The molecule has 1 aromatic carbocycles. The maximum atomic E-state index is 8.66. The second-order valence-electron chi connectivity index (χ2n) is 3.88. The fourth-order valence-corrected chi connectivity index (χ4v) is 1.57. The normalized spacial score (nSPS) is 12.4. The van der Waals surface area contributed by atoms with Crippen molar-refractivity contribution in [1.29, 1.82) is 0 Å². The molecule has 1 aromatic rings. The number of ether oxygens (including phenoxy) is 1. The van der Waals surface area contributed by atoms with Crippen molar-refractivity contribution in [2.75, 3.05) is 20.3 Å². The van der Waals surface area contributed by atoms with Crippen molar-refractivity contribution in [3.63, 3.8) is 0 Å². The smallest absolute Gasteiger partial charge is 0.118 e. The zero-order valence-electron chi connectivity index (χ0n) is 10.1. The van der Waals surface area contributed by atoms with E-state index >= 15 is 0 Å². The third-order valence-corrected chi connectivity index (χ3v) is 2.65. The number of aliphatic hydroxyl groups excluding tert-OH is 1. The molecule has 0 saturated heterocycles. The molecule has 0 aliphatic rings. The van der Waals surface area contributed by atoms with Gasteiger partial charge in [0.25, 0.3) is 0 Å². The third-order valence-electron chi connectivity index (χ3n) is 2.65. The molecular formula is C13H21NO2. The zero-order chi connectivity index (χ0) is 11.8. The Kier molecular flexibility index (Phi) is 5.90. The lowest BCUT2D eigenvalue weighted by Gasteiger charge is -2.14. The number of hydrogen-bond donors (Lipinski definition) is 2. The van der Waals surface area contributed by atoms with Gasteiger partial charge in [0.05, 0.1) is 7.11 Å². The van der Waals surface area contributed by atoms with Crippen molar-refractivity contribution in [2.24, 2.45) is 0 Å². The van der Waals surface area contributed by atoms with Gasteiger partial charge in [-0.3, -0.25) is 0 Å². The van der Waals surface area contributed by atoms with Crippen LogP contribution < -0.4 is 10.1 Å². The van der Waals surface area contributed by atoms with E-state index in [2.05, 4.69) is 24.4 Å². The molecule has 1 atom stereocenters. The van der Waals surface area contributed by atoms with Gasteiger partial charge in [-0.15, -0.1) is 0 Å². The molecule has 3 nitrogen and oxygen atoms in total.